The first-order chi connectivity index (χ1) is 24.9. The van der Waals surface area contributed by atoms with Crippen LogP contribution in [-0.2, 0) is 42.8 Å². The lowest BCUT2D eigenvalue weighted by atomic mass is 9.49. The molecule has 284 valence electrons. The highest BCUT2D eigenvalue weighted by Gasteiger charge is 2.80. The minimum Gasteiger partial charge on any atom is -0.462 e. The predicted molar refractivity (Wildman–Crippen MR) is 185 cm³/mol. The third-order valence-electron chi connectivity index (χ3n) is 11.8. The molecular weight excluding hydrogens is 688 g/mol. The molecule has 0 bridgehead atoms. The Bertz CT molecular complexity index is 1820. The zero-order valence-electron chi connectivity index (χ0n) is 30.8. The van der Waals surface area contributed by atoms with E-state index in [1.165, 1.54) is 46.8 Å². The van der Waals surface area contributed by atoms with E-state index in [0.717, 1.165) is 0 Å². The summed E-state index contributed by atoms with van der Waals surface area (Å²) < 4.78 is 37.1. The Labute approximate surface area is 307 Å². The van der Waals surface area contributed by atoms with Crippen LogP contribution in [0.1, 0.15) is 82.0 Å². The summed E-state index contributed by atoms with van der Waals surface area (Å²) in [4.78, 5) is 66.9. The molecule has 10 atom stereocenters. The number of carbonyl (C=O) groups excluding carboxylic acids is 5. The zero-order chi connectivity index (χ0) is 38.7. The van der Waals surface area contributed by atoms with Crippen LogP contribution in [0.2, 0.25) is 0 Å². The number of aliphatic hydroxyl groups is 2. The molecule has 0 aromatic heterocycles. The first-order valence-electron chi connectivity index (χ1n) is 17.7. The fraction of sp³-hybridized carbons (Fsp3) is 0.525. The first kappa shape index (κ1) is 38.1. The maximum Gasteiger partial charge on any atom is 0.338 e. The third kappa shape index (κ3) is 6.12. The van der Waals surface area contributed by atoms with Gasteiger partial charge in [-0.15, -0.1) is 0 Å². The van der Waals surface area contributed by atoms with Crippen molar-refractivity contribution in [2.75, 3.05) is 6.61 Å². The number of aliphatic hydroxyl groups excluding tert-OH is 1. The Balaban J connectivity index is 1.71. The van der Waals surface area contributed by atoms with Crippen molar-refractivity contribution in [1.82, 2.24) is 0 Å². The van der Waals surface area contributed by atoms with Gasteiger partial charge in [0, 0.05) is 33.6 Å². The molecule has 2 aromatic rings. The molecule has 1 heterocycles. The molecule has 1 saturated heterocycles. The number of carbonyl (C=O) groups is 5. The van der Waals surface area contributed by atoms with E-state index < -0.39 is 94.4 Å². The quantitative estimate of drug-likeness (QED) is 0.227. The van der Waals surface area contributed by atoms with Crippen LogP contribution in [0.4, 0.5) is 0 Å². The smallest absolute Gasteiger partial charge is 0.338 e. The number of esters is 5. The number of benzene rings is 2. The second kappa shape index (κ2) is 13.7. The van der Waals surface area contributed by atoms with E-state index in [1.54, 1.807) is 62.4 Å². The molecule has 3 aliphatic carbocycles. The van der Waals surface area contributed by atoms with E-state index in [4.69, 9.17) is 28.4 Å². The van der Waals surface area contributed by atoms with Crippen molar-refractivity contribution in [1.29, 1.82) is 0 Å². The molecule has 0 spiro atoms. The van der Waals surface area contributed by atoms with Gasteiger partial charge in [-0.1, -0.05) is 43.3 Å². The number of hydrogen-bond acceptors (Lipinski definition) is 13. The lowest BCUT2D eigenvalue weighted by Gasteiger charge is -2.65. The van der Waals surface area contributed by atoms with Crippen molar-refractivity contribution >= 4 is 29.8 Å². The third-order valence-corrected chi connectivity index (χ3v) is 11.8. The van der Waals surface area contributed by atoms with Gasteiger partial charge in [0.2, 0.25) is 0 Å². The summed E-state index contributed by atoms with van der Waals surface area (Å²) in [5.41, 5.74) is -6.25. The summed E-state index contributed by atoms with van der Waals surface area (Å²) in [6.07, 6.45) is -8.24. The molecule has 0 amide bonds. The molecule has 3 fully saturated rings. The van der Waals surface area contributed by atoms with E-state index in [9.17, 15) is 34.2 Å². The van der Waals surface area contributed by atoms with E-state index in [-0.39, 0.29) is 36.1 Å². The summed E-state index contributed by atoms with van der Waals surface area (Å²) in [6.45, 7) is 9.69. The Kier molecular flexibility index (Phi) is 9.84. The molecule has 6 rings (SSSR count). The molecule has 1 unspecified atom stereocenters. The fourth-order valence-electron chi connectivity index (χ4n) is 9.60. The molecule has 13 nitrogen and oxygen atoms in total. The van der Waals surface area contributed by atoms with Gasteiger partial charge in [0.25, 0.3) is 0 Å². The molecule has 2 saturated carbocycles. The van der Waals surface area contributed by atoms with Gasteiger partial charge in [-0.05, 0) is 56.2 Å². The van der Waals surface area contributed by atoms with Gasteiger partial charge in [-0.3, -0.25) is 14.4 Å². The van der Waals surface area contributed by atoms with Crippen LogP contribution in [-0.4, -0.2) is 94.5 Å². The predicted octanol–water partition coefficient (Wildman–Crippen LogP) is 3.88. The van der Waals surface area contributed by atoms with Crippen molar-refractivity contribution in [2.45, 2.75) is 109 Å². The van der Waals surface area contributed by atoms with Gasteiger partial charge in [0.05, 0.1) is 40.1 Å². The normalized spacial score (nSPS) is 34.5. The van der Waals surface area contributed by atoms with Crippen LogP contribution in [0.5, 0.6) is 0 Å². The number of ether oxygens (including phenoxy) is 6. The summed E-state index contributed by atoms with van der Waals surface area (Å²) in [6, 6.07) is 16.2. The van der Waals surface area contributed by atoms with E-state index in [0.29, 0.717) is 5.57 Å². The van der Waals surface area contributed by atoms with Gasteiger partial charge >= 0.3 is 29.8 Å². The standard InChI is InChI=1S/C40H46O13/c1-21-27(49-22(2)41)19-39(37(5,6)47)30(21)31(44)33(51-35(45)25-14-10-8-11-15-25)38(7)28(50-23(3)42)18-29-40(20-48-29,53-24(4)43)32(38)34(39)52-36(46)26-16-12-9-13-17-26/h8-17,27-29,31-34,44,47H,18-20H2,1-7H3/t27-,28-,29?,31+,32-,33-,34-,38+,39-,40-/m0/s1. The number of fused-ring (bicyclic) bond motifs is 4. The highest BCUT2D eigenvalue weighted by atomic mass is 16.6. The molecule has 13 heteroatoms. The maximum atomic E-state index is 14.3. The monoisotopic (exact) mass is 734 g/mol. The van der Waals surface area contributed by atoms with Gasteiger partial charge in [0.1, 0.15) is 36.6 Å². The van der Waals surface area contributed by atoms with Gasteiger partial charge in [-0.2, -0.15) is 0 Å². The van der Waals surface area contributed by atoms with Crippen LogP contribution in [0.15, 0.2) is 71.8 Å². The lowest BCUT2D eigenvalue weighted by Crippen LogP contribution is -2.79. The van der Waals surface area contributed by atoms with Crippen LogP contribution in [0.3, 0.4) is 0 Å². The van der Waals surface area contributed by atoms with Crippen molar-refractivity contribution in [3.05, 3.63) is 82.9 Å². The van der Waals surface area contributed by atoms with E-state index in [2.05, 4.69) is 0 Å². The highest BCUT2D eigenvalue weighted by molar-refractivity contribution is 5.90. The summed E-state index contributed by atoms with van der Waals surface area (Å²) >= 11 is 0. The van der Waals surface area contributed by atoms with Gasteiger partial charge in [0.15, 0.2) is 5.60 Å². The Morgan fingerprint density at radius 1 is 0.792 bits per heavy atom. The van der Waals surface area contributed by atoms with Crippen molar-refractivity contribution in [2.24, 2.45) is 16.7 Å². The Hall–Kier alpha value is -4.59. The van der Waals surface area contributed by atoms with E-state index >= 15 is 0 Å². The fourth-order valence-corrected chi connectivity index (χ4v) is 9.60. The van der Waals surface area contributed by atoms with Crippen molar-refractivity contribution in [3.8, 4) is 0 Å². The average Bonchev–Trinajstić information content (AvgIpc) is 3.35. The SMILES string of the molecule is CC(=O)O[C@H]1C[C@]2(C(C)(C)O)C(=C1C)[C@@H](O)[C@H](OC(=O)c1ccccc1)[C@]1(C)[C@@H](OC(C)=O)CC3OC[C@@]3(OC(C)=O)[C@H]1[C@@H]2OC(=O)c1ccccc1. The number of hydrogen-bond donors (Lipinski definition) is 2. The average molecular weight is 735 g/mol. The van der Waals surface area contributed by atoms with Gasteiger partial charge in [-0.25, -0.2) is 9.59 Å². The first-order valence-corrected chi connectivity index (χ1v) is 17.7. The van der Waals surface area contributed by atoms with E-state index in [1.807, 2.05) is 0 Å². The summed E-state index contributed by atoms with van der Waals surface area (Å²) in [5, 5.41) is 25.4. The van der Waals surface area contributed by atoms with Crippen LogP contribution in [0, 0.1) is 16.7 Å². The zero-order valence-corrected chi connectivity index (χ0v) is 30.8. The Morgan fingerprint density at radius 2 is 1.32 bits per heavy atom. The molecule has 4 aliphatic rings. The molecule has 53 heavy (non-hydrogen) atoms. The molecule has 2 N–H and O–H groups in total. The number of rotatable bonds is 8. The summed E-state index contributed by atoms with van der Waals surface area (Å²) in [7, 11) is 0. The molecular formula is C40H46O13. The lowest BCUT2D eigenvalue weighted by molar-refractivity contribution is -0.351. The van der Waals surface area contributed by atoms with Crippen LogP contribution >= 0.6 is 0 Å². The molecule has 1 aliphatic heterocycles. The maximum absolute atomic E-state index is 14.3. The van der Waals surface area contributed by atoms with Gasteiger partial charge < -0.3 is 38.6 Å². The second-order valence-electron chi connectivity index (χ2n) is 15.3. The second-order valence-corrected chi connectivity index (χ2v) is 15.3. The van der Waals surface area contributed by atoms with Crippen LogP contribution < -0.4 is 0 Å². The van der Waals surface area contributed by atoms with Crippen LogP contribution in [0.25, 0.3) is 0 Å². The largest absolute Gasteiger partial charge is 0.462 e. The minimum absolute atomic E-state index is 0.0467. The highest BCUT2D eigenvalue weighted by Crippen LogP contribution is 2.68. The molecule has 0 radical (unpaired) electrons. The topological polar surface area (TPSA) is 181 Å². The molecule has 2 aromatic carbocycles. The minimum atomic E-state index is -1.88. The Morgan fingerprint density at radius 3 is 1.77 bits per heavy atom. The summed E-state index contributed by atoms with van der Waals surface area (Å²) in [5.74, 6) is -4.96. The van der Waals surface area contributed by atoms with Crippen molar-refractivity contribution in [3.63, 3.8) is 0 Å². The van der Waals surface area contributed by atoms with Crippen molar-refractivity contribution < 1.29 is 62.6 Å².